The third-order valence-electron chi connectivity index (χ3n) is 2.82. The molecule has 96 valence electrons. The number of thioether (sulfide) groups is 1. The summed E-state index contributed by atoms with van der Waals surface area (Å²) in [4.78, 5) is 12.4. The molecule has 0 aromatic heterocycles. The van der Waals surface area contributed by atoms with Crippen LogP contribution in [0.4, 0.5) is 5.69 Å². The Bertz CT molecular complexity index is 439. The first-order valence-corrected chi connectivity index (χ1v) is 7.40. The van der Waals surface area contributed by atoms with Crippen molar-refractivity contribution in [2.75, 3.05) is 11.1 Å². The molecule has 18 heavy (non-hydrogen) atoms. The van der Waals surface area contributed by atoms with E-state index in [9.17, 15) is 4.79 Å². The van der Waals surface area contributed by atoms with Crippen molar-refractivity contribution in [3.63, 3.8) is 0 Å². The zero-order valence-corrected chi connectivity index (χ0v) is 11.7. The van der Waals surface area contributed by atoms with Gasteiger partial charge in [0.2, 0.25) is 5.91 Å². The zero-order chi connectivity index (χ0) is 13.0. The Labute approximate surface area is 117 Å². The molecule has 1 atom stereocenters. The van der Waals surface area contributed by atoms with Gasteiger partial charge in [-0.15, -0.1) is 11.8 Å². The SMILES string of the molecule is NC(=S)Cc1ccc(NC(=O)C2CCCS2)cc1. The van der Waals surface area contributed by atoms with E-state index in [4.69, 9.17) is 18.0 Å². The van der Waals surface area contributed by atoms with Crippen LogP contribution in [0.1, 0.15) is 18.4 Å². The number of amides is 1. The van der Waals surface area contributed by atoms with Crippen LogP contribution in [-0.2, 0) is 11.2 Å². The monoisotopic (exact) mass is 280 g/mol. The molecular weight excluding hydrogens is 264 g/mol. The molecule has 1 unspecified atom stereocenters. The minimum Gasteiger partial charge on any atom is -0.393 e. The van der Waals surface area contributed by atoms with Crippen LogP contribution in [0.15, 0.2) is 24.3 Å². The van der Waals surface area contributed by atoms with Gasteiger partial charge in [-0.25, -0.2) is 0 Å². The fourth-order valence-electron chi connectivity index (χ4n) is 1.91. The van der Waals surface area contributed by atoms with Crippen molar-refractivity contribution >= 4 is 40.6 Å². The van der Waals surface area contributed by atoms with Crippen LogP contribution in [0.5, 0.6) is 0 Å². The van der Waals surface area contributed by atoms with E-state index in [-0.39, 0.29) is 11.2 Å². The van der Waals surface area contributed by atoms with Crippen LogP contribution in [0.3, 0.4) is 0 Å². The molecular formula is C13H16N2OS2. The van der Waals surface area contributed by atoms with Crippen molar-refractivity contribution in [3.8, 4) is 0 Å². The summed E-state index contributed by atoms with van der Waals surface area (Å²) >= 11 is 6.59. The standard InChI is InChI=1S/C13H16N2OS2/c14-12(17)8-9-3-5-10(6-4-9)15-13(16)11-2-1-7-18-11/h3-6,11H,1-2,7-8H2,(H2,14,17)(H,15,16). The maximum Gasteiger partial charge on any atom is 0.237 e. The van der Waals surface area contributed by atoms with Crippen molar-refractivity contribution in [3.05, 3.63) is 29.8 Å². The van der Waals surface area contributed by atoms with Crippen molar-refractivity contribution in [1.29, 1.82) is 0 Å². The fourth-order valence-corrected chi connectivity index (χ4v) is 3.24. The van der Waals surface area contributed by atoms with Crippen molar-refractivity contribution in [1.82, 2.24) is 0 Å². The lowest BCUT2D eigenvalue weighted by molar-refractivity contribution is -0.115. The quantitative estimate of drug-likeness (QED) is 0.831. The highest BCUT2D eigenvalue weighted by Crippen LogP contribution is 2.27. The summed E-state index contributed by atoms with van der Waals surface area (Å²) in [5.41, 5.74) is 7.38. The number of benzene rings is 1. The molecule has 0 saturated carbocycles. The van der Waals surface area contributed by atoms with Gasteiger partial charge in [-0.05, 0) is 36.3 Å². The Morgan fingerprint density at radius 2 is 2.17 bits per heavy atom. The number of thiocarbonyl (C=S) groups is 1. The summed E-state index contributed by atoms with van der Waals surface area (Å²) in [6.07, 6.45) is 2.72. The highest BCUT2D eigenvalue weighted by atomic mass is 32.2. The van der Waals surface area contributed by atoms with Gasteiger partial charge in [0.15, 0.2) is 0 Å². The molecule has 1 aromatic rings. The summed E-state index contributed by atoms with van der Waals surface area (Å²) < 4.78 is 0. The third kappa shape index (κ3) is 3.71. The van der Waals surface area contributed by atoms with E-state index in [0.29, 0.717) is 11.4 Å². The van der Waals surface area contributed by atoms with Crippen LogP contribution in [0.25, 0.3) is 0 Å². The lowest BCUT2D eigenvalue weighted by Gasteiger charge is -2.10. The first-order valence-electron chi connectivity index (χ1n) is 5.95. The van der Waals surface area contributed by atoms with Crippen LogP contribution in [-0.4, -0.2) is 21.9 Å². The maximum atomic E-state index is 11.9. The van der Waals surface area contributed by atoms with Crippen molar-refractivity contribution in [2.45, 2.75) is 24.5 Å². The highest BCUT2D eigenvalue weighted by molar-refractivity contribution is 8.00. The number of hydrogen-bond acceptors (Lipinski definition) is 3. The predicted octanol–water partition coefficient (Wildman–Crippen LogP) is 2.35. The van der Waals surface area contributed by atoms with E-state index >= 15 is 0 Å². The minimum atomic E-state index is 0.111. The first-order chi connectivity index (χ1) is 8.65. The van der Waals surface area contributed by atoms with Crippen molar-refractivity contribution < 1.29 is 4.79 Å². The number of hydrogen-bond donors (Lipinski definition) is 2. The molecule has 1 amide bonds. The minimum absolute atomic E-state index is 0.111. The van der Waals surface area contributed by atoms with Gasteiger partial charge in [0, 0.05) is 12.1 Å². The third-order valence-corrected chi connectivity index (χ3v) is 4.34. The Hall–Kier alpha value is -1.07. The van der Waals surface area contributed by atoms with Gasteiger partial charge >= 0.3 is 0 Å². The smallest absolute Gasteiger partial charge is 0.237 e. The molecule has 3 nitrogen and oxygen atoms in total. The number of nitrogens with two attached hydrogens (primary N) is 1. The molecule has 0 radical (unpaired) electrons. The zero-order valence-electron chi connectivity index (χ0n) is 10.0. The second-order valence-corrected chi connectivity index (χ2v) is 6.17. The average molecular weight is 280 g/mol. The summed E-state index contributed by atoms with van der Waals surface area (Å²) in [6, 6.07) is 7.67. The topological polar surface area (TPSA) is 55.1 Å². The van der Waals surface area contributed by atoms with Crippen LogP contribution in [0.2, 0.25) is 0 Å². The number of anilines is 1. The molecule has 5 heteroatoms. The summed E-state index contributed by atoms with van der Waals surface area (Å²) in [7, 11) is 0. The average Bonchev–Trinajstić information content (AvgIpc) is 2.84. The van der Waals surface area contributed by atoms with Gasteiger partial charge in [-0.2, -0.15) is 0 Å². The first kappa shape index (κ1) is 13.4. The predicted molar refractivity (Wildman–Crippen MR) is 81.0 cm³/mol. The van der Waals surface area contributed by atoms with Crippen LogP contribution >= 0.6 is 24.0 Å². The lowest BCUT2D eigenvalue weighted by atomic mass is 10.1. The van der Waals surface area contributed by atoms with E-state index in [1.807, 2.05) is 24.3 Å². The van der Waals surface area contributed by atoms with Crippen molar-refractivity contribution in [2.24, 2.45) is 5.73 Å². The van der Waals surface area contributed by atoms with Gasteiger partial charge in [-0.1, -0.05) is 24.4 Å². The van der Waals surface area contributed by atoms with Crippen LogP contribution in [0, 0.1) is 0 Å². The molecule has 1 aliphatic heterocycles. The maximum absolute atomic E-state index is 11.9. The molecule has 1 fully saturated rings. The molecule has 1 saturated heterocycles. The van der Waals surface area contributed by atoms with E-state index in [0.717, 1.165) is 29.8 Å². The molecule has 3 N–H and O–H groups in total. The number of carbonyl (C=O) groups is 1. The Kier molecular flexibility index (Phi) is 4.60. The van der Waals surface area contributed by atoms with E-state index in [1.54, 1.807) is 11.8 Å². The van der Waals surface area contributed by atoms with Gasteiger partial charge in [0.05, 0.1) is 10.2 Å². The normalized spacial score (nSPS) is 18.6. The second-order valence-electron chi connectivity index (χ2n) is 4.33. The van der Waals surface area contributed by atoms with Crippen LogP contribution < -0.4 is 11.1 Å². The summed E-state index contributed by atoms with van der Waals surface area (Å²) in [5.74, 6) is 1.20. The fraction of sp³-hybridized carbons (Fsp3) is 0.385. The molecule has 0 spiro atoms. The summed E-state index contributed by atoms with van der Waals surface area (Å²) in [6.45, 7) is 0. The number of rotatable bonds is 4. The van der Waals surface area contributed by atoms with E-state index in [1.165, 1.54) is 0 Å². The second kappa shape index (κ2) is 6.20. The molecule has 1 heterocycles. The lowest BCUT2D eigenvalue weighted by Crippen LogP contribution is -2.22. The molecule has 2 rings (SSSR count). The number of nitrogens with one attached hydrogen (secondary N) is 1. The van der Waals surface area contributed by atoms with Gasteiger partial charge in [0.25, 0.3) is 0 Å². The molecule has 0 bridgehead atoms. The molecule has 0 aliphatic carbocycles. The molecule has 1 aliphatic rings. The Morgan fingerprint density at radius 1 is 1.44 bits per heavy atom. The Morgan fingerprint density at radius 3 is 2.72 bits per heavy atom. The molecule has 1 aromatic carbocycles. The number of carbonyl (C=O) groups excluding carboxylic acids is 1. The van der Waals surface area contributed by atoms with Gasteiger partial charge in [0.1, 0.15) is 0 Å². The van der Waals surface area contributed by atoms with E-state index in [2.05, 4.69) is 5.32 Å². The van der Waals surface area contributed by atoms with Gasteiger partial charge in [-0.3, -0.25) is 4.79 Å². The highest BCUT2D eigenvalue weighted by Gasteiger charge is 2.23. The van der Waals surface area contributed by atoms with Gasteiger partial charge < -0.3 is 11.1 Å². The summed E-state index contributed by atoms with van der Waals surface area (Å²) in [5, 5.41) is 3.05. The Balaban J connectivity index is 1.93. The van der Waals surface area contributed by atoms with E-state index < -0.39 is 0 Å². The largest absolute Gasteiger partial charge is 0.393 e.